The van der Waals surface area contributed by atoms with Gasteiger partial charge in [0.25, 0.3) is 0 Å². The number of morpholine rings is 1. The third-order valence-corrected chi connectivity index (χ3v) is 3.17. The van der Waals surface area contributed by atoms with Crippen LogP contribution in [0.15, 0.2) is 9.98 Å². The number of hydrogen-bond donors (Lipinski definition) is 0. The summed E-state index contributed by atoms with van der Waals surface area (Å²) >= 11 is 0. The Morgan fingerprint density at radius 2 is 2.45 bits per heavy atom. The highest BCUT2D eigenvalue weighted by molar-refractivity contribution is 6.05. The van der Waals surface area contributed by atoms with Gasteiger partial charge in [0.15, 0.2) is 0 Å². The zero-order valence-electron chi connectivity index (χ0n) is 11.7. The van der Waals surface area contributed by atoms with E-state index in [9.17, 15) is 9.18 Å². The summed E-state index contributed by atoms with van der Waals surface area (Å²) < 4.78 is 22.9. The molecule has 2 heterocycles. The number of halogens is 1. The number of alkyl halides is 1. The van der Waals surface area contributed by atoms with E-state index in [0.29, 0.717) is 45.1 Å². The smallest absolute Gasteiger partial charge is 0.313 e. The van der Waals surface area contributed by atoms with Gasteiger partial charge in [0, 0.05) is 26.1 Å². The highest BCUT2D eigenvalue weighted by atomic mass is 19.1. The van der Waals surface area contributed by atoms with Crippen LogP contribution in [0.5, 0.6) is 0 Å². The second-order valence-corrected chi connectivity index (χ2v) is 4.65. The Kier molecular flexibility index (Phi) is 5.46. The summed E-state index contributed by atoms with van der Waals surface area (Å²) in [5, 5.41) is 0. The lowest BCUT2D eigenvalue weighted by Gasteiger charge is -2.34. The van der Waals surface area contributed by atoms with E-state index in [4.69, 9.17) is 9.47 Å². The molecule has 7 heteroatoms. The molecule has 1 saturated heterocycles. The van der Waals surface area contributed by atoms with Crippen LogP contribution in [0.1, 0.15) is 19.8 Å². The Bertz CT molecular complexity index is 412. The van der Waals surface area contributed by atoms with E-state index in [1.807, 2.05) is 4.90 Å². The largest absolute Gasteiger partial charge is 0.466 e. The van der Waals surface area contributed by atoms with Crippen LogP contribution in [0, 0.1) is 0 Å². The Labute approximate surface area is 117 Å². The Balaban J connectivity index is 1.96. The van der Waals surface area contributed by atoms with Crippen molar-refractivity contribution in [2.75, 3.05) is 39.5 Å². The van der Waals surface area contributed by atoms with E-state index in [-0.39, 0.29) is 18.5 Å². The topological polar surface area (TPSA) is 63.5 Å². The van der Waals surface area contributed by atoms with Crippen molar-refractivity contribution < 1.29 is 18.7 Å². The number of hydrogen-bond acceptors (Lipinski definition) is 6. The van der Waals surface area contributed by atoms with E-state index < -0.39 is 6.67 Å². The molecule has 0 aliphatic carbocycles. The fraction of sp³-hybridized carbons (Fsp3) is 0.769. The van der Waals surface area contributed by atoms with Crippen molar-refractivity contribution in [1.82, 2.24) is 4.90 Å². The lowest BCUT2D eigenvalue weighted by atomic mass is 10.2. The molecule has 112 valence electrons. The Hall–Kier alpha value is -1.50. The van der Waals surface area contributed by atoms with Gasteiger partial charge in [0.2, 0.25) is 0 Å². The first-order valence-corrected chi connectivity index (χ1v) is 6.92. The van der Waals surface area contributed by atoms with Crippen LogP contribution >= 0.6 is 0 Å². The molecule has 0 bridgehead atoms. The standard InChI is InChI=1S/C13H20FN3O3/c1-2-19-13(18)7-11-15-4-3-12(16-11)17-5-6-20-10(8-14)9-17/h10H,2-9H2,1H3. The SMILES string of the molecule is CCOC(=O)CC1=NCCC(N2CCOC(CF)C2)=N1. The molecule has 1 unspecified atom stereocenters. The van der Waals surface area contributed by atoms with E-state index in [1.165, 1.54) is 0 Å². The number of amidine groups is 2. The van der Waals surface area contributed by atoms with Gasteiger partial charge < -0.3 is 14.4 Å². The van der Waals surface area contributed by atoms with Crippen molar-refractivity contribution in [3.05, 3.63) is 0 Å². The molecule has 1 atom stereocenters. The Morgan fingerprint density at radius 1 is 1.60 bits per heavy atom. The minimum absolute atomic E-state index is 0.0915. The quantitative estimate of drug-likeness (QED) is 0.717. The number of rotatable bonds is 4. The molecule has 0 spiro atoms. The van der Waals surface area contributed by atoms with Gasteiger partial charge in [-0.1, -0.05) is 0 Å². The molecule has 0 aromatic rings. The number of carbonyl (C=O) groups is 1. The molecular weight excluding hydrogens is 265 g/mol. The second-order valence-electron chi connectivity index (χ2n) is 4.65. The third kappa shape index (κ3) is 4.00. The minimum atomic E-state index is -0.493. The minimum Gasteiger partial charge on any atom is -0.466 e. The number of aliphatic imine (C=N–C) groups is 2. The van der Waals surface area contributed by atoms with Crippen molar-refractivity contribution >= 4 is 17.6 Å². The molecule has 0 N–H and O–H groups in total. The van der Waals surface area contributed by atoms with Crippen LogP contribution in [0.3, 0.4) is 0 Å². The van der Waals surface area contributed by atoms with Crippen LogP contribution < -0.4 is 0 Å². The first-order valence-electron chi connectivity index (χ1n) is 6.92. The molecule has 0 radical (unpaired) electrons. The summed E-state index contributed by atoms with van der Waals surface area (Å²) in [6, 6.07) is 0. The van der Waals surface area contributed by atoms with Crippen molar-refractivity contribution in [3.8, 4) is 0 Å². The highest BCUT2D eigenvalue weighted by Gasteiger charge is 2.24. The maximum atomic E-state index is 12.7. The van der Waals surface area contributed by atoms with Crippen molar-refractivity contribution in [3.63, 3.8) is 0 Å². The molecule has 2 rings (SSSR count). The van der Waals surface area contributed by atoms with Gasteiger partial charge >= 0.3 is 5.97 Å². The zero-order chi connectivity index (χ0) is 14.4. The summed E-state index contributed by atoms with van der Waals surface area (Å²) in [5.41, 5.74) is 0. The fourth-order valence-corrected chi connectivity index (χ4v) is 2.24. The van der Waals surface area contributed by atoms with E-state index >= 15 is 0 Å². The molecule has 0 saturated carbocycles. The summed E-state index contributed by atoms with van der Waals surface area (Å²) in [5.74, 6) is 1.04. The third-order valence-electron chi connectivity index (χ3n) is 3.17. The maximum Gasteiger partial charge on any atom is 0.313 e. The van der Waals surface area contributed by atoms with Gasteiger partial charge in [-0.25, -0.2) is 9.38 Å². The first-order chi connectivity index (χ1) is 9.72. The Morgan fingerprint density at radius 3 is 3.20 bits per heavy atom. The van der Waals surface area contributed by atoms with Crippen LogP contribution in [-0.4, -0.2) is 68.2 Å². The lowest BCUT2D eigenvalue weighted by Crippen LogP contribution is -2.47. The molecular formula is C13H20FN3O3. The summed E-state index contributed by atoms with van der Waals surface area (Å²) in [6.45, 7) is 3.92. The molecule has 1 fully saturated rings. The zero-order valence-corrected chi connectivity index (χ0v) is 11.7. The normalized spacial score (nSPS) is 23.1. The van der Waals surface area contributed by atoms with Crippen LogP contribution in [-0.2, 0) is 14.3 Å². The number of esters is 1. The molecule has 2 aliphatic heterocycles. The number of nitrogens with zero attached hydrogens (tertiary/aromatic N) is 3. The van der Waals surface area contributed by atoms with Crippen LogP contribution in [0.2, 0.25) is 0 Å². The van der Waals surface area contributed by atoms with Crippen LogP contribution in [0.4, 0.5) is 4.39 Å². The van der Waals surface area contributed by atoms with Gasteiger partial charge in [0.1, 0.15) is 30.9 Å². The van der Waals surface area contributed by atoms with Gasteiger partial charge in [-0.2, -0.15) is 0 Å². The molecule has 20 heavy (non-hydrogen) atoms. The predicted octanol–water partition coefficient (Wildman–Crippen LogP) is 0.811. The molecule has 6 nitrogen and oxygen atoms in total. The van der Waals surface area contributed by atoms with Gasteiger partial charge in [-0.15, -0.1) is 0 Å². The molecule has 0 aromatic heterocycles. The number of carbonyl (C=O) groups excluding carboxylic acids is 1. The van der Waals surface area contributed by atoms with Crippen molar-refractivity contribution in [2.45, 2.75) is 25.9 Å². The van der Waals surface area contributed by atoms with E-state index in [2.05, 4.69) is 9.98 Å². The second kappa shape index (κ2) is 7.33. The monoisotopic (exact) mass is 285 g/mol. The average molecular weight is 285 g/mol. The molecule has 0 aromatic carbocycles. The van der Waals surface area contributed by atoms with Crippen molar-refractivity contribution in [2.24, 2.45) is 9.98 Å². The van der Waals surface area contributed by atoms with E-state index in [0.717, 1.165) is 5.84 Å². The summed E-state index contributed by atoms with van der Waals surface area (Å²) in [6.07, 6.45) is 0.415. The predicted molar refractivity (Wildman–Crippen MR) is 72.9 cm³/mol. The summed E-state index contributed by atoms with van der Waals surface area (Å²) in [7, 11) is 0. The van der Waals surface area contributed by atoms with Crippen LogP contribution in [0.25, 0.3) is 0 Å². The lowest BCUT2D eigenvalue weighted by molar-refractivity contribution is -0.141. The van der Waals surface area contributed by atoms with Crippen molar-refractivity contribution in [1.29, 1.82) is 0 Å². The summed E-state index contributed by atoms with van der Waals surface area (Å²) in [4.78, 5) is 22.1. The fourth-order valence-electron chi connectivity index (χ4n) is 2.24. The van der Waals surface area contributed by atoms with E-state index in [1.54, 1.807) is 6.92 Å². The molecule has 0 amide bonds. The first kappa shape index (κ1) is 14.9. The molecule has 2 aliphatic rings. The van der Waals surface area contributed by atoms with Gasteiger partial charge in [-0.05, 0) is 6.92 Å². The maximum absolute atomic E-state index is 12.7. The average Bonchev–Trinajstić information content (AvgIpc) is 2.48. The highest BCUT2D eigenvalue weighted by Crippen LogP contribution is 2.12. The number of ether oxygens (including phenoxy) is 2. The van der Waals surface area contributed by atoms with Gasteiger partial charge in [-0.3, -0.25) is 9.79 Å². The van der Waals surface area contributed by atoms with Gasteiger partial charge in [0.05, 0.1) is 13.2 Å².